The fraction of sp³-hybridized carbons (Fsp3) is 0.290. The number of hydrogen-bond donors (Lipinski definition) is 1. The van der Waals surface area contributed by atoms with Gasteiger partial charge in [-0.05, 0) is 73.1 Å². The van der Waals surface area contributed by atoms with Crippen LogP contribution in [-0.2, 0) is 19.4 Å². The molecular formula is C31H34N2O2. The molecule has 1 aliphatic rings. The van der Waals surface area contributed by atoms with Gasteiger partial charge in [0.25, 0.3) is 0 Å². The first-order chi connectivity index (χ1) is 17.0. The number of hydrogen-bond acceptors (Lipinski definition) is 4. The number of aliphatic hydroxyl groups is 1. The predicted octanol–water partition coefficient (Wildman–Crippen LogP) is 7.60. The minimum Gasteiger partial charge on any atom is -0.508 e. The highest BCUT2D eigenvalue weighted by atomic mass is 16.5. The summed E-state index contributed by atoms with van der Waals surface area (Å²) in [4.78, 5) is 9.05. The largest absolute Gasteiger partial charge is 0.508 e. The Morgan fingerprint density at radius 3 is 2.46 bits per heavy atom. The van der Waals surface area contributed by atoms with E-state index in [2.05, 4.69) is 67.9 Å². The van der Waals surface area contributed by atoms with Gasteiger partial charge in [0.1, 0.15) is 18.1 Å². The van der Waals surface area contributed by atoms with Gasteiger partial charge in [-0.15, -0.1) is 0 Å². The molecular weight excluding hydrogens is 432 g/mol. The lowest BCUT2D eigenvalue weighted by Crippen LogP contribution is -2.01. The number of rotatable bonds is 11. The zero-order chi connectivity index (χ0) is 24.6. The second-order valence-electron chi connectivity index (χ2n) is 9.51. The summed E-state index contributed by atoms with van der Waals surface area (Å²) in [6.07, 6.45) is 10.9. The highest BCUT2D eigenvalue weighted by molar-refractivity contribution is 5.96. The first-order valence-electron chi connectivity index (χ1n) is 12.4. The number of pyridine rings is 1. The van der Waals surface area contributed by atoms with Gasteiger partial charge in [-0.2, -0.15) is 0 Å². The molecule has 2 aromatic carbocycles. The lowest BCUT2D eigenvalue weighted by atomic mass is 9.95. The molecule has 0 aliphatic carbocycles. The first-order valence-corrected chi connectivity index (χ1v) is 12.4. The highest BCUT2D eigenvalue weighted by Crippen LogP contribution is 2.26. The van der Waals surface area contributed by atoms with E-state index in [1.165, 1.54) is 23.3 Å². The van der Waals surface area contributed by atoms with E-state index in [1.807, 2.05) is 18.2 Å². The molecule has 1 aliphatic heterocycles. The van der Waals surface area contributed by atoms with Crippen LogP contribution in [0.1, 0.15) is 60.9 Å². The quantitative estimate of drug-likeness (QED) is 0.296. The minimum absolute atomic E-state index is 0.00352. The molecule has 0 saturated carbocycles. The van der Waals surface area contributed by atoms with Crippen LogP contribution >= 0.6 is 0 Å². The van der Waals surface area contributed by atoms with Gasteiger partial charge in [-0.3, -0.25) is 9.98 Å². The van der Waals surface area contributed by atoms with Gasteiger partial charge in [0, 0.05) is 41.2 Å². The van der Waals surface area contributed by atoms with Crippen LogP contribution in [0.4, 0.5) is 0 Å². The number of aliphatic imine (C=N–C) groups is 1. The van der Waals surface area contributed by atoms with Gasteiger partial charge in [0.05, 0.1) is 5.70 Å². The van der Waals surface area contributed by atoms with Crippen molar-refractivity contribution in [3.8, 4) is 5.75 Å². The van der Waals surface area contributed by atoms with Gasteiger partial charge >= 0.3 is 0 Å². The third-order valence-corrected chi connectivity index (χ3v) is 6.29. The maximum absolute atomic E-state index is 9.54. The molecule has 0 amide bonds. The Balaban J connectivity index is 1.31. The zero-order valence-electron chi connectivity index (χ0n) is 20.7. The van der Waals surface area contributed by atoms with Crippen LogP contribution in [0.25, 0.3) is 11.5 Å². The number of ether oxygens (including phenoxy) is 1. The number of allylic oxidation sites excluding steroid dienone is 1. The van der Waals surface area contributed by atoms with Gasteiger partial charge in [0.15, 0.2) is 0 Å². The van der Waals surface area contributed by atoms with Crippen molar-refractivity contribution < 1.29 is 9.84 Å². The summed E-state index contributed by atoms with van der Waals surface area (Å²) in [7, 11) is 0. The van der Waals surface area contributed by atoms with E-state index in [4.69, 9.17) is 9.73 Å². The smallest absolute Gasteiger partial charge is 0.119 e. The molecule has 4 heteroatoms. The second kappa shape index (κ2) is 11.7. The van der Waals surface area contributed by atoms with Gasteiger partial charge < -0.3 is 9.84 Å². The maximum atomic E-state index is 9.54. The molecule has 0 spiro atoms. The van der Waals surface area contributed by atoms with Crippen LogP contribution in [0, 0.1) is 5.92 Å². The second-order valence-corrected chi connectivity index (χ2v) is 9.51. The lowest BCUT2D eigenvalue weighted by Gasteiger charge is -2.11. The van der Waals surface area contributed by atoms with Crippen LogP contribution in [0.5, 0.6) is 5.75 Å². The maximum Gasteiger partial charge on any atom is 0.119 e. The van der Waals surface area contributed by atoms with Crippen LogP contribution in [-0.4, -0.2) is 15.8 Å². The van der Waals surface area contributed by atoms with E-state index in [0.29, 0.717) is 12.2 Å². The van der Waals surface area contributed by atoms with E-state index in [-0.39, 0.29) is 5.76 Å². The SMILES string of the molecule is C=C(O)c1cncc(COc2ccc(C3=CCC(CCc4ccccc4CCC(C)C)=N3)cc2)c1. The predicted molar refractivity (Wildman–Crippen MR) is 145 cm³/mol. The van der Waals surface area contributed by atoms with Gasteiger partial charge in [-0.25, -0.2) is 0 Å². The fourth-order valence-corrected chi connectivity index (χ4v) is 4.20. The molecule has 0 saturated heterocycles. The van der Waals surface area contributed by atoms with Crippen molar-refractivity contribution in [3.05, 3.63) is 107 Å². The van der Waals surface area contributed by atoms with Crippen molar-refractivity contribution in [2.24, 2.45) is 10.9 Å². The third-order valence-electron chi connectivity index (χ3n) is 6.29. The van der Waals surface area contributed by atoms with Crippen LogP contribution < -0.4 is 4.74 Å². The van der Waals surface area contributed by atoms with E-state index in [0.717, 1.165) is 54.2 Å². The van der Waals surface area contributed by atoms with Gasteiger partial charge in [-0.1, -0.05) is 50.8 Å². The summed E-state index contributed by atoms with van der Waals surface area (Å²) in [5.41, 5.74) is 7.80. The topological polar surface area (TPSA) is 54.7 Å². The molecule has 1 N–H and O–H groups in total. The van der Waals surface area contributed by atoms with E-state index < -0.39 is 0 Å². The summed E-state index contributed by atoms with van der Waals surface area (Å²) in [6.45, 7) is 8.48. The molecule has 0 radical (unpaired) electrons. The Morgan fingerprint density at radius 1 is 1.00 bits per heavy atom. The van der Waals surface area contributed by atoms with E-state index in [9.17, 15) is 5.11 Å². The van der Waals surface area contributed by atoms with Crippen LogP contribution in [0.3, 0.4) is 0 Å². The number of aromatic nitrogens is 1. The third kappa shape index (κ3) is 6.92. The van der Waals surface area contributed by atoms with Crippen molar-refractivity contribution >= 4 is 17.2 Å². The van der Waals surface area contributed by atoms with E-state index >= 15 is 0 Å². The van der Waals surface area contributed by atoms with Crippen molar-refractivity contribution in [2.45, 2.75) is 52.6 Å². The minimum atomic E-state index is 0.00352. The Labute approximate surface area is 208 Å². The summed E-state index contributed by atoms with van der Waals surface area (Å²) in [5, 5.41) is 9.54. The number of benzene rings is 2. The molecule has 1 aromatic heterocycles. The normalized spacial score (nSPS) is 13.0. The Bertz CT molecular complexity index is 1220. The molecule has 4 nitrogen and oxygen atoms in total. The van der Waals surface area contributed by atoms with Gasteiger partial charge in [0.2, 0.25) is 0 Å². The molecule has 0 bridgehead atoms. The van der Waals surface area contributed by atoms with E-state index in [1.54, 1.807) is 12.4 Å². The molecule has 180 valence electrons. The zero-order valence-corrected chi connectivity index (χ0v) is 20.7. The monoisotopic (exact) mass is 466 g/mol. The molecule has 3 aromatic rings. The van der Waals surface area contributed by atoms with Crippen molar-refractivity contribution in [1.29, 1.82) is 0 Å². The van der Waals surface area contributed by atoms with Crippen molar-refractivity contribution in [2.75, 3.05) is 0 Å². The molecule has 2 heterocycles. The first kappa shape index (κ1) is 24.5. The van der Waals surface area contributed by atoms with Crippen molar-refractivity contribution in [1.82, 2.24) is 4.98 Å². The molecule has 0 unspecified atom stereocenters. The summed E-state index contributed by atoms with van der Waals surface area (Å²) in [6, 6.07) is 18.7. The van der Waals surface area contributed by atoms with Crippen molar-refractivity contribution in [3.63, 3.8) is 0 Å². The average molecular weight is 467 g/mol. The van der Waals surface area contributed by atoms with Crippen LogP contribution in [0.2, 0.25) is 0 Å². The molecule has 35 heavy (non-hydrogen) atoms. The summed E-state index contributed by atoms with van der Waals surface area (Å²) < 4.78 is 5.89. The van der Waals surface area contributed by atoms with Crippen LogP contribution in [0.15, 0.2) is 84.6 Å². The summed E-state index contributed by atoms with van der Waals surface area (Å²) in [5.74, 6) is 1.51. The number of aliphatic hydroxyl groups excluding tert-OH is 1. The molecule has 0 fully saturated rings. The Kier molecular flexibility index (Phi) is 8.15. The fourth-order valence-electron chi connectivity index (χ4n) is 4.20. The number of nitrogens with zero attached hydrogens (tertiary/aromatic N) is 2. The average Bonchev–Trinajstić information content (AvgIpc) is 3.35. The number of aryl methyl sites for hydroxylation is 2. The Morgan fingerprint density at radius 2 is 1.74 bits per heavy atom. The molecule has 4 rings (SSSR count). The summed E-state index contributed by atoms with van der Waals surface area (Å²) >= 11 is 0. The Hall–Kier alpha value is -3.66. The highest BCUT2D eigenvalue weighted by Gasteiger charge is 2.12. The standard InChI is InChI=1S/C31H34N2O2/c1-22(2)8-9-25-6-4-5-7-26(25)10-13-29-14-17-31(33-29)27-11-15-30(16-12-27)35-21-24-18-28(23(3)34)20-32-19-24/h4-7,11-12,15-20,22,34H,3,8-10,13-14,21H2,1-2H3. The lowest BCUT2D eigenvalue weighted by molar-refractivity contribution is 0.305. The molecule has 0 atom stereocenters.